The van der Waals surface area contributed by atoms with Gasteiger partial charge in [0.15, 0.2) is 5.13 Å². The van der Waals surface area contributed by atoms with Crippen molar-refractivity contribution in [1.29, 1.82) is 5.26 Å². The summed E-state index contributed by atoms with van der Waals surface area (Å²) in [5.41, 5.74) is 1.71. The number of hydrogen-bond donors (Lipinski definition) is 1. The second-order valence-electron chi connectivity index (χ2n) is 5.17. The Morgan fingerprint density at radius 2 is 2.15 bits per heavy atom. The van der Waals surface area contributed by atoms with E-state index in [-0.39, 0.29) is 11.9 Å². The van der Waals surface area contributed by atoms with Gasteiger partial charge in [-0.05, 0) is 30.3 Å². The summed E-state index contributed by atoms with van der Waals surface area (Å²) in [6, 6.07) is 12.9. The van der Waals surface area contributed by atoms with Crippen molar-refractivity contribution in [2.75, 3.05) is 12.4 Å². The molecule has 4 rings (SSSR count). The van der Waals surface area contributed by atoms with Crippen LogP contribution in [0.2, 0.25) is 5.02 Å². The van der Waals surface area contributed by atoms with Gasteiger partial charge in [-0.15, -0.1) is 5.10 Å². The zero-order chi connectivity index (χ0) is 18.1. The third kappa shape index (κ3) is 2.94. The third-order valence-electron chi connectivity index (χ3n) is 3.57. The summed E-state index contributed by atoms with van der Waals surface area (Å²) < 4.78 is 11.9. The minimum Gasteiger partial charge on any atom is -0.494 e. The fourth-order valence-electron chi connectivity index (χ4n) is 2.37. The molecule has 0 atom stereocenters. The molecule has 0 aliphatic carbocycles. The van der Waals surface area contributed by atoms with Gasteiger partial charge in [-0.3, -0.25) is 5.32 Å². The number of fused-ring (bicyclic) bond motifs is 1. The van der Waals surface area contributed by atoms with Gasteiger partial charge in [-0.1, -0.05) is 34.1 Å². The lowest BCUT2D eigenvalue weighted by Gasteiger charge is -1.98. The average molecular weight is 384 g/mol. The molecule has 2 aromatic heterocycles. The van der Waals surface area contributed by atoms with E-state index in [1.54, 1.807) is 25.3 Å². The standard InChI is InChI=1S/C17H10ClN5O2S/c1-24-12-3-2-4-13-14(12)20-17(26-13)21-16-23-22-15(25-16)9-5-6-11(18)10(7-9)8-19/h2-7H,1H3,(H,20,21,23). The number of nitriles is 1. The average Bonchev–Trinajstić information content (AvgIpc) is 3.28. The molecule has 128 valence electrons. The van der Waals surface area contributed by atoms with Crippen LogP contribution in [-0.4, -0.2) is 22.3 Å². The Hall–Kier alpha value is -3.15. The van der Waals surface area contributed by atoms with Crippen molar-refractivity contribution in [2.24, 2.45) is 0 Å². The summed E-state index contributed by atoms with van der Waals surface area (Å²) >= 11 is 7.39. The van der Waals surface area contributed by atoms with Crippen LogP contribution >= 0.6 is 22.9 Å². The van der Waals surface area contributed by atoms with E-state index < -0.39 is 0 Å². The molecule has 9 heteroatoms. The Balaban J connectivity index is 1.62. The summed E-state index contributed by atoms with van der Waals surface area (Å²) in [4.78, 5) is 4.49. The van der Waals surface area contributed by atoms with E-state index in [2.05, 4.69) is 20.5 Å². The lowest BCUT2D eigenvalue weighted by Crippen LogP contribution is -1.89. The van der Waals surface area contributed by atoms with Crippen LogP contribution in [0.4, 0.5) is 11.1 Å². The molecular weight excluding hydrogens is 374 g/mol. The van der Waals surface area contributed by atoms with Crippen molar-refractivity contribution in [1.82, 2.24) is 15.2 Å². The van der Waals surface area contributed by atoms with Crippen molar-refractivity contribution >= 4 is 44.3 Å². The van der Waals surface area contributed by atoms with E-state index in [1.165, 1.54) is 11.3 Å². The van der Waals surface area contributed by atoms with Crippen LogP contribution in [0.3, 0.4) is 0 Å². The SMILES string of the molecule is COc1cccc2sc(Nc3nnc(-c4ccc(Cl)c(C#N)c4)o3)nc12. The number of methoxy groups -OCH3 is 1. The second-order valence-corrected chi connectivity index (χ2v) is 6.61. The topological polar surface area (TPSA) is 96.9 Å². The first kappa shape index (κ1) is 16.3. The lowest BCUT2D eigenvalue weighted by molar-refractivity contribution is 0.419. The number of halogens is 1. The summed E-state index contributed by atoms with van der Waals surface area (Å²) in [5.74, 6) is 0.975. The highest BCUT2D eigenvalue weighted by molar-refractivity contribution is 7.22. The minimum absolute atomic E-state index is 0.200. The van der Waals surface area contributed by atoms with Crippen LogP contribution in [0.25, 0.3) is 21.7 Å². The first-order chi connectivity index (χ1) is 12.7. The van der Waals surface area contributed by atoms with Gasteiger partial charge in [0.1, 0.15) is 17.3 Å². The fourth-order valence-corrected chi connectivity index (χ4v) is 3.40. The predicted molar refractivity (Wildman–Crippen MR) is 98.9 cm³/mol. The molecule has 1 N–H and O–H groups in total. The van der Waals surface area contributed by atoms with Crippen molar-refractivity contribution in [3.63, 3.8) is 0 Å². The van der Waals surface area contributed by atoms with Crippen molar-refractivity contribution in [2.45, 2.75) is 0 Å². The molecule has 0 aliphatic rings. The van der Waals surface area contributed by atoms with Crippen LogP contribution in [0, 0.1) is 11.3 Å². The van der Waals surface area contributed by atoms with E-state index >= 15 is 0 Å². The molecule has 0 saturated carbocycles. The van der Waals surface area contributed by atoms with Crippen molar-refractivity contribution in [3.05, 3.63) is 47.0 Å². The molecule has 0 saturated heterocycles. The Bertz CT molecular complexity index is 1150. The van der Waals surface area contributed by atoms with Gasteiger partial charge in [0, 0.05) is 5.56 Å². The molecule has 0 unspecified atom stereocenters. The fraction of sp³-hybridized carbons (Fsp3) is 0.0588. The first-order valence-electron chi connectivity index (χ1n) is 7.42. The van der Waals surface area contributed by atoms with Gasteiger partial charge in [-0.25, -0.2) is 4.98 Å². The highest BCUT2D eigenvalue weighted by Crippen LogP contribution is 2.33. The molecule has 2 heterocycles. The van der Waals surface area contributed by atoms with Gasteiger partial charge in [0.2, 0.25) is 5.89 Å². The molecule has 26 heavy (non-hydrogen) atoms. The largest absolute Gasteiger partial charge is 0.494 e. The number of thiazole rings is 1. The zero-order valence-electron chi connectivity index (χ0n) is 13.4. The monoisotopic (exact) mass is 383 g/mol. The number of anilines is 2. The van der Waals surface area contributed by atoms with Gasteiger partial charge in [0.05, 0.1) is 22.4 Å². The number of benzene rings is 2. The molecule has 0 bridgehead atoms. The molecule has 0 aliphatic heterocycles. The van der Waals surface area contributed by atoms with Crippen LogP contribution in [-0.2, 0) is 0 Å². The minimum atomic E-state index is 0.200. The molecular formula is C17H10ClN5O2S. The molecule has 0 amide bonds. The quantitative estimate of drug-likeness (QED) is 0.548. The summed E-state index contributed by atoms with van der Waals surface area (Å²) in [7, 11) is 1.60. The molecule has 4 aromatic rings. The first-order valence-corrected chi connectivity index (χ1v) is 8.61. The lowest BCUT2D eigenvalue weighted by atomic mass is 10.1. The number of para-hydroxylation sites is 1. The van der Waals surface area contributed by atoms with E-state index in [1.807, 2.05) is 24.3 Å². The van der Waals surface area contributed by atoms with E-state index in [0.717, 1.165) is 10.2 Å². The molecule has 0 radical (unpaired) electrons. The predicted octanol–water partition coefficient (Wildman–Crippen LogP) is 4.62. The number of ether oxygens (including phenoxy) is 1. The second kappa shape index (κ2) is 6.63. The Morgan fingerprint density at radius 3 is 2.96 bits per heavy atom. The Morgan fingerprint density at radius 1 is 1.27 bits per heavy atom. The van der Waals surface area contributed by atoms with Crippen LogP contribution < -0.4 is 10.1 Å². The zero-order valence-corrected chi connectivity index (χ0v) is 14.9. The summed E-state index contributed by atoms with van der Waals surface area (Å²) in [6.07, 6.45) is 0. The maximum Gasteiger partial charge on any atom is 0.322 e. The van der Waals surface area contributed by atoms with E-state index in [4.69, 9.17) is 26.0 Å². The summed E-state index contributed by atoms with van der Waals surface area (Å²) in [6.45, 7) is 0. The van der Waals surface area contributed by atoms with Crippen LogP contribution in [0.1, 0.15) is 5.56 Å². The van der Waals surface area contributed by atoms with Crippen molar-refractivity contribution < 1.29 is 9.15 Å². The number of nitrogens with zero attached hydrogens (tertiary/aromatic N) is 4. The maximum atomic E-state index is 9.07. The number of aromatic nitrogens is 3. The highest BCUT2D eigenvalue weighted by atomic mass is 35.5. The molecule has 0 fully saturated rings. The number of nitrogens with one attached hydrogen (secondary N) is 1. The molecule has 0 spiro atoms. The Kier molecular flexibility index (Phi) is 4.16. The van der Waals surface area contributed by atoms with Crippen LogP contribution in [0.15, 0.2) is 40.8 Å². The smallest absolute Gasteiger partial charge is 0.322 e. The highest BCUT2D eigenvalue weighted by Gasteiger charge is 2.14. The normalized spacial score (nSPS) is 10.7. The van der Waals surface area contributed by atoms with Gasteiger partial charge in [-0.2, -0.15) is 5.26 Å². The number of hydrogen-bond acceptors (Lipinski definition) is 8. The molecule has 2 aromatic carbocycles. The van der Waals surface area contributed by atoms with Gasteiger partial charge in [0.25, 0.3) is 0 Å². The summed E-state index contributed by atoms with van der Waals surface area (Å²) in [5, 5.41) is 21.0. The van der Waals surface area contributed by atoms with Gasteiger partial charge < -0.3 is 9.15 Å². The number of rotatable bonds is 4. The van der Waals surface area contributed by atoms with E-state index in [0.29, 0.717) is 27.0 Å². The van der Waals surface area contributed by atoms with E-state index in [9.17, 15) is 0 Å². The third-order valence-corrected chi connectivity index (χ3v) is 4.84. The van der Waals surface area contributed by atoms with Crippen molar-refractivity contribution in [3.8, 4) is 23.3 Å². The molecule has 7 nitrogen and oxygen atoms in total. The van der Waals surface area contributed by atoms with Gasteiger partial charge >= 0.3 is 6.01 Å². The maximum absolute atomic E-state index is 9.07. The Labute approximate surface area is 156 Å². The van der Waals surface area contributed by atoms with Crippen LogP contribution in [0.5, 0.6) is 5.75 Å².